The van der Waals surface area contributed by atoms with Crippen LogP contribution in [0.5, 0.6) is 0 Å². The fourth-order valence-corrected chi connectivity index (χ4v) is 6.52. The Morgan fingerprint density at radius 3 is 2.77 bits per heavy atom. The molecule has 8 heteroatoms. The van der Waals surface area contributed by atoms with E-state index in [1.165, 1.54) is 6.42 Å². The number of carbonyl (C=O) groups excluding carboxylic acids is 1. The zero-order valence-electron chi connectivity index (χ0n) is 18.2. The molecule has 1 aromatic heterocycles. The minimum atomic E-state index is -3.61. The number of hydrogen-bond donors (Lipinski definition) is 0. The van der Waals surface area contributed by atoms with E-state index in [9.17, 15) is 13.2 Å². The summed E-state index contributed by atoms with van der Waals surface area (Å²) < 4.78 is 28.4. The number of nitrogens with zero attached hydrogens (tertiary/aromatic N) is 4. The Balaban J connectivity index is 1.44. The fourth-order valence-electron chi connectivity index (χ4n) is 4.84. The normalized spacial score (nSPS) is 21.8. The maximum atomic E-state index is 13.4. The Bertz CT molecular complexity index is 1020. The van der Waals surface area contributed by atoms with Gasteiger partial charge in [-0.25, -0.2) is 8.42 Å². The molecule has 2 saturated heterocycles. The van der Waals surface area contributed by atoms with Crippen LogP contribution in [-0.4, -0.2) is 78.7 Å². The third kappa shape index (κ3) is 4.76. The van der Waals surface area contributed by atoms with Crippen LogP contribution in [0.3, 0.4) is 0 Å². The van der Waals surface area contributed by atoms with Crippen molar-refractivity contribution in [2.75, 3.05) is 39.3 Å². The van der Waals surface area contributed by atoms with E-state index in [-0.39, 0.29) is 5.91 Å². The lowest BCUT2D eigenvalue weighted by Crippen LogP contribution is -2.48. The Kier molecular flexibility index (Phi) is 6.89. The van der Waals surface area contributed by atoms with Gasteiger partial charge in [0.25, 0.3) is 0 Å². The molecule has 1 aromatic carbocycles. The van der Waals surface area contributed by atoms with Gasteiger partial charge in [0, 0.05) is 55.4 Å². The molecule has 0 aliphatic carbocycles. The van der Waals surface area contributed by atoms with Gasteiger partial charge in [-0.3, -0.25) is 14.7 Å². The van der Waals surface area contributed by atoms with Gasteiger partial charge in [-0.05, 0) is 50.8 Å². The predicted molar refractivity (Wildman–Crippen MR) is 121 cm³/mol. The Hall–Kier alpha value is -2.03. The second-order valence-electron chi connectivity index (χ2n) is 8.53. The van der Waals surface area contributed by atoms with Crippen molar-refractivity contribution in [1.29, 1.82) is 0 Å². The van der Waals surface area contributed by atoms with Crippen molar-refractivity contribution >= 4 is 26.7 Å². The maximum Gasteiger partial charge on any atom is 0.243 e. The number of sulfonamides is 1. The van der Waals surface area contributed by atoms with Crippen molar-refractivity contribution in [2.24, 2.45) is 0 Å². The molecule has 0 spiro atoms. The van der Waals surface area contributed by atoms with E-state index in [0.29, 0.717) is 42.5 Å². The number of likely N-dealkylation sites (tertiary alicyclic amines) is 1. The smallest absolute Gasteiger partial charge is 0.243 e. The van der Waals surface area contributed by atoms with Crippen LogP contribution in [-0.2, 0) is 14.8 Å². The molecule has 31 heavy (non-hydrogen) atoms. The number of hydrogen-bond acceptors (Lipinski definition) is 5. The molecule has 4 rings (SSSR count). The average Bonchev–Trinajstić information content (AvgIpc) is 3.04. The van der Waals surface area contributed by atoms with Crippen molar-refractivity contribution in [3.63, 3.8) is 0 Å². The highest BCUT2D eigenvalue weighted by Crippen LogP contribution is 2.26. The summed E-state index contributed by atoms with van der Waals surface area (Å²) >= 11 is 0. The number of amides is 1. The molecule has 1 atom stereocenters. The van der Waals surface area contributed by atoms with Crippen molar-refractivity contribution in [1.82, 2.24) is 19.1 Å². The van der Waals surface area contributed by atoms with E-state index in [4.69, 9.17) is 0 Å². The van der Waals surface area contributed by atoms with Gasteiger partial charge in [-0.1, -0.05) is 19.1 Å². The second-order valence-corrected chi connectivity index (χ2v) is 10.4. The molecule has 0 bridgehead atoms. The molecule has 2 aromatic rings. The maximum absolute atomic E-state index is 13.4. The molecule has 7 nitrogen and oxygen atoms in total. The van der Waals surface area contributed by atoms with Gasteiger partial charge in [-0.15, -0.1) is 0 Å². The minimum absolute atomic E-state index is 0.185. The second kappa shape index (κ2) is 9.63. The first kappa shape index (κ1) is 22.2. The molecular weight excluding hydrogens is 412 g/mol. The fraction of sp³-hybridized carbons (Fsp3) is 0.565. The number of piperidine rings is 1. The zero-order chi connectivity index (χ0) is 21.8. The van der Waals surface area contributed by atoms with Crippen LogP contribution < -0.4 is 0 Å². The highest BCUT2D eigenvalue weighted by molar-refractivity contribution is 7.89. The Labute approximate surface area is 185 Å². The first-order valence-electron chi connectivity index (χ1n) is 11.4. The summed E-state index contributed by atoms with van der Waals surface area (Å²) in [6, 6.07) is 7.42. The van der Waals surface area contributed by atoms with E-state index < -0.39 is 10.0 Å². The van der Waals surface area contributed by atoms with Crippen LogP contribution in [0.4, 0.5) is 0 Å². The molecule has 2 aliphatic heterocycles. The molecule has 3 heterocycles. The third-order valence-electron chi connectivity index (χ3n) is 6.58. The van der Waals surface area contributed by atoms with Gasteiger partial charge < -0.3 is 4.90 Å². The predicted octanol–water partition coefficient (Wildman–Crippen LogP) is 2.72. The summed E-state index contributed by atoms with van der Waals surface area (Å²) in [7, 11) is -3.61. The number of rotatable bonds is 5. The number of aromatic nitrogens is 1. The van der Waals surface area contributed by atoms with E-state index in [1.807, 2.05) is 11.0 Å². The largest absolute Gasteiger partial charge is 0.339 e. The number of carbonyl (C=O) groups is 1. The zero-order valence-corrected chi connectivity index (χ0v) is 19.1. The highest BCUT2D eigenvalue weighted by atomic mass is 32.2. The molecule has 2 fully saturated rings. The van der Waals surface area contributed by atoms with Crippen LogP contribution >= 0.6 is 0 Å². The average molecular weight is 445 g/mol. The summed E-state index contributed by atoms with van der Waals surface area (Å²) in [5, 5.41) is 1.52. The van der Waals surface area contributed by atoms with E-state index in [2.05, 4.69) is 16.8 Å². The molecular formula is C23H32N4O3S. The minimum Gasteiger partial charge on any atom is -0.339 e. The Morgan fingerprint density at radius 2 is 1.94 bits per heavy atom. The molecule has 0 saturated carbocycles. The summed E-state index contributed by atoms with van der Waals surface area (Å²) in [6.45, 7) is 5.55. The van der Waals surface area contributed by atoms with Gasteiger partial charge >= 0.3 is 0 Å². The first-order valence-corrected chi connectivity index (χ1v) is 12.8. The monoisotopic (exact) mass is 444 g/mol. The van der Waals surface area contributed by atoms with Crippen LogP contribution in [0.25, 0.3) is 10.8 Å². The molecule has 168 valence electrons. The lowest BCUT2D eigenvalue weighted by Gasteiger charge is -2.36. The summed E-state index contributed by atoms with van der Waals surface area (Å²) in [5.41, 5.74) is 0. The quantitative estimate of drug-likeness (QED) is 0.709. The first-order chi connectivity index (χ1) is 15.0. The van der Waals surface area contributed by atoms with E-state index in [1.54, 1.807) is 34.9 Å². The Morgan fingerprint density at radius 1 is 1.06 bits per heavy atom. The van der Waals surface area contributed by atoms with Gasteiger partial charge in [0.1, 0.15) is 0 Å². The molecule has 0 radical (unpaired) electrons. The van der Waals surface area contributed by atoms with Crippen molar-refractivity contribution < 1.29 is 13.2 Å². The summed E-state index contributed by atoms with van der Waals surface area (Å²) in [6.07, 6.45) is 8.40. The third-order valence-corrected chi connectivity index (χ3v) is 8.54. The van der Waals surface area contributed by atoms with Crippen LogP contribution in [0.15, 0.2) is 41.6 Å². The molecule has 2 aliphatic rings. The number of pyridine rings is 1. The number of benzene rings is 1. The van der Waals surface area contributed by atoms with Crippen molar-refractivity contribution in [3.05, 3.63) is 36.7 Å². The van der Waals surface area contributed by atoms with Gasteiger partial charge in [-0.2, -0.15) is 4.31 Å². The highest BCUT2D eigenvalue weighted by Gasteiger charge is 2.30. The van der Waals surface area contributed by atoms with Crippen LogP contribution in [0.2, 0.25) is 0 Å². The topological polar surface area (TPSA) is 73.8 Å². The van der Waals surface area contributed by atoms with Gasteiger partial charge in [0.05, 0.1) is 11.4 Å². The van der Waals surface area contributed by atoms with Crippen molar-refractivity contribution in [3.8, 4) is 0 Å². The molecule has 1 amide bonds. The van der Waals surface area contributed by atoms with Gasteiger partial charge in [0.15, 0.2) is 0 Å². The van der Waals surface area contributed by atoms with Crippen molar-refractivity contribution in [2.45, 2.75) is 50.0 Å². The standard InChI is InChI=1S/C23H32N4O3S/c1-2-20-8-3-4-14-27(20)23(28)18-25-12-6-13-26(16-15-25)31(29,30)22-9-5-7-19-17-24-11-10-21(19)22/h5,7,9-11,17,20H,2-4,6,8,12-16,18H2,1H3/t20-/m1/s1. The molecule has 0 unspecified atom stereocenters. The SMILES string of the molecule is CC[C@@H]1CCCCN1C(=O)CN1CCCN(S(=O)(=O)c2cccc3cnccc23)CC1. The van der Waals surface area contributed by atoms with Gasteiger partial charge in [0.2, 0.25) is 15.9 Å². The molecule has 0 N–H and O–H groups in total. The van der Waals surface area contributed by atoms with Crippen LogP contribution in [0, 0.1) is 0 Å². The summed E-state index contributed by atoms with van der Waals surface area (Å²) in [4.78, 5) is 21.5. The van der Waals surface area contributed by atoms with Crippen LogP contribution in [0.1, 0.15) is 39.0 Å². The van der Waals surface area contributed by atoms with E-state index >= 15 is 0 Å². The van der Waals surface area contributed by atoms with E-state index in [0.717, 1.165) is 44.2 Å². The summed E-state index contributed by atoms with van der Waals surface area (Å²) in [5.74, 6) is 0.185. The lowest BCUT2D eigenvalue weighted by molar-refractivity contribution is -0.136. The number of fused-ring (bicyclic) bond motifs is 1. The lowest BCUT2D eigenvalue weighted by atomic mass is 10.00.